The second kappa shape index (κ2) is 6.70. The Balaban J connectivity index is 1.95. The van der Waals surface area contributed by atoms with E-state index < -0.39 is 0 Å². The summed E-state index contributed by atoms with van der Waals surface area (Å²) in [6.07, 6.45) is 2.89. The Morgan fingerprint density at radius 3 is 3.00 bits per heavy atom. The number of aromatic nitrogens is 2. The lowest BCUT2D eigenvalue weighted by Gasteiger charge is -2.18. The fourth-order valence-corrected chi connectivity index (χ4v) is 2.42. The van der Waals surface area contributed by atoms with Gasteiger partial charge in [0.15, 0.2) is 0 Å². The molecule has 1 aliphatic heterocycles. The van der Waals surface area contributed by atoms with Crippen LogP contribution in [-0.4, -0.2) is 43.2 Å². The first-order valence-corrected chi connectivity index (χ1v) is 7.14. The third-order valence-electron chi connectivity index (χ3n) is 3.45. The predicted octanol–water partition coefficient (Wildman–Crippen LogP) is 1.59. The third kappa shape index (κ3) is 4.06. The summed E-state index contributed by atoms with van der Waals surface area (Å²) in [4.78, 5) is 11.0. The molecule has 1 aliphatic rings. The van der Waals surface area contributed by atoms with Crippen molar-refractivity contribution >= 4 is 11.6 Å². The van der Waals surface area contributed by atoms with Gasteiger partial charge in [0, 0.05) is 25.7 Å². The normalized spacial score (nSPS) is 19.2. The number of rotatable bonds is 6. The molecule has 2 N–H and O–H groups in total. The smallest absolute Gasteiger partial charge is 0.134 e. The average Bonchev–Trinajstić information content (AvgIpc) is 2.86. The van der Waals surface area contributed by atoms with E-state index in [1.165, 1.54) is 6.42 Å². The van der Waals surface area contributed by atoms with Crippen LogP contribution in [0.3, 0.4) is 0 Å². The monoisotopic (exact) mass is 263 g/mol. The summed E-state index contributed by atoms with van der Waals surface area (Å²) in [7, 11) is 2.02. The molecule has 1 aromatic rings. The van der Waals surface area contributed by atoms with Gasteiger partial charge in [0.25, 0.3) is 0 Å². The molecule has 2 heterocycles. The quantitative estimate of drug-likeness (QED) is 0.816. The fourth-order valence-electron chi connectivity index (χ4n) is 2.42. The maximum atomic E-state index is 4.40. The van der Waals surface area contributed by atoms with Crippen molar-refractivity contribution in [1.82, 2.24) is 15.3 Å². The van der Waals surface area contributed by atoms with Crippen LogP contribution in [0.4, 0.5) is 11.6 Å². The molecule has 0 saturated carbocycles. The molecule has 1 saturated heterocycles. The van der Waals surface area contributed by atoms with Crippen LogP contribution < -0.4 is 15.5 Å². The zero-order valence-corrected chi connectivity index (χ0v) is 12.2. The lowest BCUT2D eigenvalue weighted by molar-refractivity contribution is 0.549. The Labute approximate surface area is 115 Å². The summed E-state index contributed by atoms with van der Waals surface area (Å²) >= 11 is 0. The molecule has 106 valence electrons. The van der Waals surface area contributed by atoms with Crippen LogP contribution in [0.2, 0.25) is 0 Å². The minimum absolute atomic E-state index is 0.616. The number of hydrogen-bond acceptors (Lipinski definition) is 5. The molecule has 1 aromatic heterocycles. The van der Waals surface area contributed by atoms with Crippen molar-refractivity contribution in [2.45, 2.75) is 20.3 Å². The van der Waals surface area contributed by atoms with Gasteiger partial charge in [0.2, 0.25) is 0 Å². The van der Waals surface area contributed by atoms with Crippen LogP contribution in [0, 0.1) is 11.8 Å². The van der Waals surface area contributed by atoms with E-state index in [9.17, 15) is 0 Å². The van der Waals surface area contributed by atoms with E-state index in [4.69, 9.17) is 0 Å². The minimum atomic E-state index is 0.616. The highest BCUT2D eigenvalue weighted by Gasteiger charge is 2.22. The van der Waals surface area contributed by atoms with Gasteiger partial charge < -0.3 is 15.5 Å². The van der Waals surface area contributed by atoms with Gasteiger partial charge >= 0.3 is 0 Å². The number of hydrogen-bond donors (Lipinski definition) is 2. The van der Waals surface area contributed by atoms with Gasteiger partial charge in [-0.15, -0.1) is 0 Å². The molecule has 2 rings (SSSR count). The zero-order chi connectivity index (χ0) is 13.7. The van der Waals surface area contributed by atoms with E-state index in [1.807, 2.05) is 7.05 Å². The highest BCUT2D eigenvalue weighted by atomic mass is 15.2. The summed E-state index contributed by atoms with van der Waals surface area (Å²) in [5.41, 5.74) is 0. The van der Waals surface area contributed by atoms with Gasteiger partial charge in [-0.3, -0.25) is 0 Å². The molecule has 0 bridgehead atoms. The van der Waals surface area contributed by atoms with Crippen LogP contribution >= 0.6 is 0 Å². The molecule has 19 heavy (non-hydrogen) atoms. The number of nitrogens with one attached hydrogen (secondary N) is 2. The maximum absolute atomic E-state index is 4.40. The number of anilines is 2. The van der Waals surface area contributed by atoms with Crippen molar-refractivity contribution in [3.63, 3.8) is 0 Å². The second-order valence-electron chi connectivity index (χ2n) is 5.69. The zero-order valence-electron chi connectivity index (χ0n) is 12.2. The first-order valence-electron chi connectivity index (χ1n) is 7.14. The van der Waals surface area contributed by atoms with E-state index in [0.717, 1.165) is 43.7 Å². The van der Waals surface area contributed by atoms with Crippen molar-refractivity contribution in [2.75, 3.05) is 43.4 Å². The molecule has 5 heteroatoms. The van der Waals surface area contributed by atoms with Gasteiger partial charge in [-0.25, -0.2) is 9.97 Å². The molecule has 1 fully saturated rings. The summed E-state index contributed by atoms with van der Waals surface area (Å²) < 4.78 is 0. The van der Waals surface area contributed by atoms with Crippen molar-refractivity contribution in [1.29, 1.82) is 0 Å². The van der Waals surface area contributed by atoms with E-state index in [1.54, 1.807) is 6.33 Å². The summed E-state index contributed by atoms with van der Waals surface area (Å²) in [6.45, 7) is 8.59. The summed E-state index contributed by atoms with van der Waals surface area (Å²) in [5.74, 6) is 3.31. The molecule has 0 spiro atoms. The standard InChI is InChI=1S/C14H25N5/c1-11(2)7-16-13-6-14(18-10-17-13)19-5-4-12(9-19)8-15-3/h6,10-12,15H,4-5,7-9H2,1-3H3,(H,16,17,18). The molecule has 0 radical (unpaired) electrons. The van der Waals surface area contributed by atoms with Crippen LogP contribution in [0.25, 0.3) is 0 Å². The molecule has 1 unspecified atom stereocenters. The summed E-state index contributed by atoms with van der Waals surface area (Å²) in [5, 5.41) is 6.61. The van der Waals surface area contributed by atoms with Gasteiger partial charge in [0.05, 0.1) is 0 Å². The third-order valence-corrected chi connectivity index (χ3v) is 3.45. The lowest BCUT2D eigenvalue weighted by Crippen LogP contribution is -2.25. The Kier molecular flexibility index (Phi) is 4.96. The SMILES string of the molecule is CNCC1CCN(c2cc(NCC(C)C)ncn2)C1. The van der Waals surface area contributed by atoms with Crippen LogP contribution in [0.1, 0.15) is 20.3 Å². The lowest BCUT2D eigenvalue weighted by atomic mass is 10.1. The van der Waals surface area contributed by atoms with Crippen molar-refractivity contribution in [2.24, 2.45) is 11.8 Å². The average molecular weight is 263 g/mol. The van der Waals surface area contributed by atoms with E-state index in [-0.39, 0.29) is 0 Å². The first-order chi connectivity index (χ1) is 9.19. The largest absolute Gasteiger partial charge is 0.370 e. The van der Waals surface area contributed by atoms with Gasteiger partial charge in [-0.2, -0.15) is 0 Å². The van der Waals surface area contributed by atoms with E-state index in [0.29, 0.717) is 5.92 Å². The van der Waals surface area contributed by atoms with Crippen molar-refractivity contribution in [3.05, 3.63) is 12.4 Å². The predicted molar refractivity (Wildman–Crippen MR) is 79.6 cm³/mol. The van der Waals surface area contributed by atoms with Gasteiger partial charge in [-0.1, -0.05) is 13.8 Å². The molecule has 0 aromatic carbocycles. The van der Waals surface area contributed by atoms with E-state index >= 15 is 0 Å². The Bertz CT molecular complexity index is 393. The Morgan fingerprint density at radius 1 is 1.42 bits per heavy atom. The molecule has 1 atom stereocenters. The molecule has 0 amide bonds. The Morgan fingerprint density at radius 2 is 2.26 bits per heavy atom. The van der Waals surface area contributed by atoms with Gasteiger partial charge in [0.1, 0.15) is 18.0 Å². The second-order valence-corrected chi connectivity index (χ2v) is 5.69. The van der Waals surface area contributed by atoms with Gasteiger partial charge in [-0.05, 0) is 31.8 Å². The van der Waals surface area contributed by atoms with E-state index in [2.05, 4.69) is 45.4 Å². The van der Waals surface area contributed by atoms with Crippen molar-refractivity contribution in [3.8, 4) is 0 Å². The van der Waals surface area contributed by atoms with Crippen LogP contribution in [0.15, 0.2) is 12.4 Å². The fraction of sp³-hybridized carbons (Fsp3) is 0.714. The highest BCUT2D eigenvalue weighted by molar-refractivity contribution is 5.49. The topological polar surface area (TPSA) is 53.1 Å². The summed E-state index contributed by atoms with van der Waals surface area (Å²) in [6, 6.07) is 2.06. The molecule has 0 aliphatic carbocycles. The maximum Gasteiger partial charge on any atom is 0.134 e. The molecule has 5 nitrogen and oxygen atoms in total. The first kappa shape index (κ1) is 14.1. The van der Waals surface area contributed by atoms with Crippen LogP contribution in [0.5, 0.6) is 0 Å². The minimum Gasteiger partial charge on any atom is -0.370 e. The molecular formula is C14H25N5. The van der Waals surface area contributed by atoms with Crippen molar-refractivity contribution < 1.29 is 0 Å². The highest BCUT2D eigenvalue weighted by Crippen LogP contribution is 2.22. The molecular weight excluding hydrogens is 238 g/mol. The Hall–Kier alpha value is -1.36. The van der Waals surface area contributed by atoms with Crippen LogP contribution in [-0.2, 0) is 0 Å². The number of nitrogens with zero attached hydrogens (tertiary/aromatic N) is 3.